The molecule has 0 aliphatic carbocycles. The minimum Gasteiger partial charge on any atom is -0.495 e. The zero-order valence-corrected chi connectivity index (χ0v) is 20.6. The monoisotopic (exact) mass is 478 g/mol. The molecule has 174 valence electrons. The highest BCUT2D eigenvalue weighted by Gasteiger charge is 2.29. The van der Waals surface area contributed by atoms with E-state index in [1.165, 1.54) is 29.2 Å². The van der Waals surface area contributed by atoms with Gasteiger partial charge in [-0.15, -0.1) is 0 Å². The van der Waals surface area contributed by atoms with Crippen molar-refractivity contribution in [2.45, 2.75) is 56.0 Å². The largest absolute Gasteiger partial charge is 0.495 e. The Bertz CT molecular complexity index is 1060. The molecule has 0 bridgehead atoms. The van der Waals surface area contributed by atoms with Crippen molar-refractivity contribution in [3.8, 4) is 5.75 Å². The maximum absolute atomic E-state index is 13.2. The molecule has 1 saturated heterocycles. The van der Waals surface area contributed by atoms with Gasteiger partial charge in [0.25, 0.3) is 0 Å². The maximum Gasteiger partial charge on any atom is 0.246 e. The van der Waals surface area contributed by atoms with Crippen molar-refractivity contribution in [1.29, 1.82) is 0 Å². The third-order valence-electron chi connectivity index (χ3n) is 5.57. The average Bonchev–Trinajstić information content (AvgIpc) is 2.78. The van der Waals surface area contributed by atoms with E-state index in [9.17, 15) is 13.2 Å². The zero-order chi connectivity index (χ0) is 23.3. The second kappa shape index (κ2) is 10.6. The van der Waals surface area contributed by atoms with Crippen LogP contribution in [0, 0.1) is 13.8 Å². The van der Waals surface area contributed by atoms with Crippen LogP contribution in [-0.4, -0.2) is 55.1 Å². The summed E-state index contributed by atoms with van der Waals surface area (Å²) in [5, 5.41) is 3.53. The minimum absolute atomic E-state index is 0.0763. The lowest BCUT2D eigenvalue weighted by atomic mass is 10.1. The quantitative estimate of drug-likeness (QED) is 0.457. The van der Waals surface area contributed by atoms with E-state index in [0.717, 1.165) is 36.2 Å². The fraction of sp³-hybridized carbons (Fsp3) is 0.500. The van der Waals surface area contributed by atoms with Crippen molar-refractivity contribution in [2.24, 2.45) is 0 Å². The van der Waals surface area contributed by atoms with E-state index < -0.39 is 10.0 Å². The van der Waals surface area contributed by atoms with Crippen LogP contribution in [0.3, 0.4) is 0 Å². The third kappa shape index (κ3) is 5.60. The van der Waals surface area contributed by atoms with Crippen LogP contribution in [0.15, 0.2) is 28.3 Å². The van der Waals surface area contributed by atoms with Crippen molar-refractivity contribution >= 4 is 33.4 Å². The van der Waals surface area contributed by atoms with Crippen LogP contribution >= 0.6 is 11.8 Å². The number of hydrogen-bond donors (Lipinski definition) is 1. The molecule has 0 spiro atoms. The van der Waals surface area contributed by atoms with Crippen molar-refractivity contribution in [2.75, 3.05) is 31.8 Å². The highest BCUT2D eigenvalue weighted by Crippen LogP contribution is 2.31. The number of nitrogens with one attached hydrogen (secondary N) is 1. The number of sulfonamides is 1. The molecule has 0 saturated carbocycles. The lowest BCUT2D eigenvalue weighted by Gasteiger charge is -2.26. The number of amides is 1. The van der Waals surface area contributed by atoms with E-state index >= 15 is 0 Å². The van der Waals surface area contributed by atoms with Crippen molar-refractivity contribution in [3.63, 3.8) is 0 Å². The number of ether oxygens (including phenoxy) is 1. The number of anilines is 1. The molecule has 1 aromatic carbocycles. The van der Waals surface area contributed by atoms with Crippen LogP contribution in [0.4, 0.5) is 5.69 Å². The number of carbonyl (C=O) groups excluding carboxylic acids is 1. The van der Waals surface area contributed by atoms with Gasteiger partial charge in [-0.3, -0.25) is 4.79 Å². The van der Waals surface area contributed by atoms with Gasteiger partial charge in [-0.05, 0) is 63.1 Å². The Hall–Kier alpha value is -2.17. The Morgan fingerprint density at radius 2 is 1.81 bits per heavy atom. The maximum atomic E-state index is 13.2. The molecule has 2 heterocycles. The van der Waals surface area contributed by atoms with Gasteiger partial charge in [0.2, 0.25) is 15.9 Å². The summed E-state index contributed by atoms with van der Waals surface area (Å²) in [6, 6.07) is 4.71. The Kier molecular flexibility index (Phi) is 8.13. The molecule has 32 heavy (non-hydrogen) atoms. The zero-order valence-electron chi connectivity index (χ0n) is 19.0. The van der Waals surface area contributed by atoms with Crippen LogP contribution in [0.5, 0.6) is 5.75 Å². The predicted molar refractivity (Wildman–Crippen MR) is 126 cm³/mol. The lowest BCUT2D eigenvalue weighted by Crippen LogP contribution is -2.35. The molecular formula is C22H30N4O4S2. The van der Waals surface area contributed by atoms with E-state index in [1.807, 2.05) is 20.1 Å². The second-order valence-electron chi connectivity index (χ2n) is 7.74. The van der Waals surface area contributed by atoms with Gasteiger partial charge in [-0.1, -0.05) is 18.2 Å². The molecular weight excluding hydrogens is 448 g/mol. The van der Waals surface area contributed by atoms with Crippen LogP contribution in [-0.2, 0) is 21.2 Å². The predicted octanol–water partition coefficient (Wildman–Crippen LogP) is 3.57. The molecule has 3 rings (SSSR count). The molecule has 1 amide bonds. The number of thioether (sulfide) groups is 1. The summed E-state index contributed by atoms with van der Waals surface area (Å²) in [5.41, 5.74) is 3.12. The first-order valence-electron chi connectivity index (χ1n) is 10.6. The Morgan fingerprint density at radius 3 is 2.41 bits per heavy atom. The number of benzene rings is 1. The summed E-state index contributed by atoms with van der Waals surface area (Å²) in [6.07, 6.45) is 5.40. The number of hydrogen-bond acceptors (Lipinski definition) is 7. The highest BCUT2D eigenvalue weighted by atomic mass is 32.2. The number of rotatable bonds is 8. The normalized spacial score (nSPS) is 14.9. The molecule has 0 unspecified atom stereocenters. The van der Waals surface area contributed by atoms with Gasteiger partial charge >= 0.3 is 0 Å². The molecule has 1 aromatic heterocycles. The summed E-state index contributed by atoms with van der Waals surface area (Å²) >= 11 is 1.48. The lowest BCUT2D eigenvalue weighted by molar-refractivity contribution is -0.116. The molecule has 2 aromatic rings. The molecule has 1 aliphatic heterocycles. The number of methoxy groups -OCH3 is 1. The summed E-state index contributed by atoms with van der Waals surface area (Å²) < 4.78 is 33.1. The Morgan fingerprint density at radius 1 is 1.16 bits per heavy atom. The van der Waals surface area contributed by atoms with Crippen molar-refractivity contribution in [3.05, 3.63) is 35.2 Å². The SMILES string of the molecule is COc1ccc(NC(=O)CCc2c(C)nc(SC)nc2C)cc1S(=O)(=O)N1CCCCC1. The minimum atomic E-state index is -3.70. The molecule has 1 fully saturated rings. The van der Waals surface area contributed by atoms with Crippen molar-refractivity contribution in [1.82, 2.24) is 14.3 Å². The van der Waals surface area contributed by atoms with Crippen LogP contribution in [0.25, 0.3) is 0 Å². The van der Waals surface area contributed by atoms with E-state index in [4.69, 9.17) is 4.74 Å². The fourth-order valence-electron chi connectivity index (χ4n) is 3.82. The van der Waals surface area contributed by atoms with Gasteiger partial charge in [0, 0.05) is 36.6 Å². The number of aryl methyl sites for hydroxylation is 2. The molecule has 1 aliphatic rings. The van der Waals surface area contributed by atoms with Gasteiger partial charge < -0.3 is 10.1 Å². The average molecular weight is 479 g/mol. The van der Waals surface area contributed by atoms with E-state index in [2.05, 4.69) is 15.3 Å². The highest BCUT2D eigenvalue weighted by molar-refractivity contribution is 7.98. The summed E-state index contributed by atoms with van der Waals surface area (Å²) in [4.78, 5) is 21.6. The number of aromatic nitrogens is 2. The summed E-state index contributed by atoms with van der Waals surface area (Å²) in [6.45, 7) is 4.84. The smallest absolute Gasteiger partial charge is 0.246 e. The van der Waals surface area contributed by atoms with Crippen LogP contribution < -0.4 is 10.1 Å². The standard InChI is InChI=1S/C22H30N4O4S2/c1-15-18(16(2)24-22(23-15)31-4)9-11-21(27)25-17-8-10-19(30-3)20(14-17)32(28,29)26-12-6-5-7-13-26/h8,10,14H,5-7,9,11-13H2,1-4H3,(H,25,27). The van der Waals surface area contributed by atoms with E-state index in [-0.39, 0.29) is 23.0 Å². The molecule has 8 nitrogen and oxygen atoms in total. The molecule has 1 N–H and O–H groups in total. The first kappa shape index (κ1) is 24.5. The van der Waals surface area contributed by atoms with Crippen molar-refractivity contribution < 1.29 is 17.9 Å². The van der Waals surface area contributed by atoms with E-state index in [0.29, 0.717) is 30.4 Å². The summed E-state index contributed by atoms with van der Waals surface area (Å²) in [7, 11) is -2.26. The first-order chi connectivity index (χ1) is 15.3. The van der Waals surface area contributed by atoms with Gasteiger partial charge in [-0.25, -0.2) is 18.4 Å². The second-order valence-corrected chi connectivity index (χ2v) is 10.4. The molecule has 10 heteroatoms. The van der Waals surface area contributed by atoms with Gasteiger partial charge in [0.1, 0.15) is 10.6 Å². The fourth-order valence-corrected chi connectivity index (χ4v) is 5.98. The number of carbonyl (C=O) groups is 1. The molecule has 0 radical (unpaired) electrons. The topological polar surface area (TPSA) is 101 Å². The van der Waals surface area contributed by atoms with Crippen LogP contribution in [0.1, 0.15) is 42.6 Å². The van der Waals surface area contributed by atoms with Gasteiger partial charge in [0.05, 0.1) is 7.11 Å². The molecule has 0 atom stereocenters. The van der Waals surface area contributed by atoms with Gasteiger partial charge in [0.15, 0.2) is 5.16 Å². The number of piperidine rings is 1. The van der Waals surface area contributed by atoms with E-state index in [1.54, 1.807) is 12.1 Å². The van der Waals surface area contributed by atoms with Crippen LogP contribution in [0.2, 0.25) is 0 Å². The van der Waals surface area contributed by atoms with Gasteiger partial charge in [-0.2, -0.15) is 4.31 Å². The number of nitrogens with zero attached hydrogens (tertiary/aromatic N) is 3. The third-order valence-corrected chi connectivity index (χ3v) is 8.03. The Balaban J connectivity index is 1.74. The Labute approximate surface area is 194 Å². The summed E-state index contributed by atoms with van der Waals surface area (Å²) in [5.74, 6) is 0.0649. The first-order valence-corrected chi connectivity index (χ1v) is 13.3.